The quantitative estimate of drug-likeness (QED) is 0.922. The van der Waals surface area contributed by atoms with Gasteiger partial charge < -0.3 is 10.0 Å². The molecule has 1 N–H and O–H groups in total. The van der Waals surface area contributed by atoms with Crippen LogP contribution >= 0.6 is 0 Å². The molecule has 1 aliphatic heterocycles. The van der Waals surface area contributed by atoms with Crippen LogP contribution in [0.15, 0.2) is 24.3 Å². The van der Waals surface area contributed by atoms with Crippen LogP contribution in [0.2, 0.25) is 0 Å². The van der Waals surface area contributed by atoms with Crippen molar-refractivity contribution < 1.29 is 14.7 Å². The van der Waals surface area contributed by atoms with Gasteiger partial charge in [-0.2, -0.15) is 0 Å². The topological polar surface area (TPSA) is 57.6 Å². The Morgan fingerprint density at radius 2 is 1.90 bits per heavy atom. The van der Waals surface area contributed by atoms with Crippen molar-refractivity contribution in [1.29, 1.82) is 0 Å². The molecule has 1 atom stereocenters. The van der Waals surface area contributed by atoms with Crippen LogP contribution in [0.4, 0.5) is 0 Å². The lowest BCUT2D eigenvalue weighted by Crippen LogP contribution is -2.52. The highest BCUT2D eigenvalue weighted by atomic mass is 16.4. The summed E-state index contributed by atoms with van der Waals surface area (Å²) in [5, 5.41) is 9.43. The number of rotatable bonds is 3. The monoisotopic (exact) mass is 275 g/mol. The van der Waals surface area contributed by atoms with Crippen LogP contribution in [0.3, 0.4) is 0 Å². The number of aliphatic carboxylic acids is 1. The summed E-state index contributed by atoms with van der Waals surface area (Å²) in [5.74, 6) is -1.01. The van der Waals surface area contributed by atoms with Gasteiger partial charge in [0, 0.05) is 18.4 Å². The molecule has 0 saturated carbocycles. The molecule has 108 valence electrons. The fraction of sp³-hybridized carbons (Fsp3) is 0.500. The molecule has 0 fully saturated rings. The number of hydrogen-bond donors (Lipinski definition) is 1. The van der Waals surface area contributed by atoms with Crippen molar-refractivity contribution in [3.05, 3.63) is 35.4 Å². The van der Waals surface area contributed by atoms with Crippen LogP contribution in [-0.4, -0.2) is 27.9 Å². The van der Waals surface area contributed by atoms with Gasteiger partial charge in [0.05, 0.1) is 0 Å². The SMILES string of the molecule is CCC(C)(C)C(=O)N1Cc2ccccc2CC1C(=O)O. The van der Waals surface area contributed by atoms with Gasteiger partial charge in [0.15, 0.2) is 0 Å². The van der Waals surface area contributed by atoms with E-state index in [-0.39, 0.29) is 5.91 Å². The van der Waals surface area contributed by atoms with Gasteiger partial charge in [0.2, 0.25) is 5.91 Å². The van der Waals surface area contributed by atoms with E-state index in [9.17, 15) is 14.7 Å². The van der Waals surface area contributed by atoms with Gasteiger partial charge >= 0.3 is 5.97 Å². The molecule has 4 nitrogen and oxygen atoms in total. The van der Waals surface area contributed by atoms with Crippen LogP contribution in [0.1, 0.15) is 38.3 Å². The molecule has 1 amide bonds. The maximum absolute atomic E-state index is 12.6. The maximum Gasteiger partial charge on any atom is 0.326 e. The van der Waals surface area contributed by atoms with Gasteiger partial charge in [-0.05, 0) is 17.5 Å². The summed E-state index contributed by atoms with van der Waals surface area (Å²) in [6.07, 6.45) is 1.08. The number of hydrogen-bond acceptors (Lipinski definition) is 2. The Kier molecular flexibility index (Phi) is 3.84. The molecule has 1 unspecified atom stereocenters. The molecule has 20 heavy (non-hydrogen) atoms. The van der Waals surface area contributed by atoms with Crippen LogP contribution in [0, 0.1) is 5.41 Å². The Hall–Kier alpha value is -1.84. The minimum Gasteiger partial charge on any atom is -0.480 e. The lowest BCUT2D eigenvalue weighted by atomic mass is 9.85. The molecule has 0 saturated heterocycles. The van der Waals surface area contributed by atoms with Gasteiger partial charge in [-0.25, -0.2) is 4.79 Å². The van der Waals surface area contributed by atoms with E-state index in [4.69, 9.17) is 0 Å². The summed E-state index contributed by atoms with van der Waals surface area (Å²) in [6, 6.07) is 6.98. The van der Waals surface area contributed by atoms with Crippen molar-refractivity contribution >= 4 is 11.9 Å². The van der Waals surface area contributed by atoms with Crippen molar-refractivity contribution in [2.24, 2.45) is 5.41 Å². The highest BCUT2D eigenvalue weighted by Gasteiger charge is 2.39. The van der Waals surface area contributed by atoms with Crippen LogP contribution in [-0.2, 0) is 22.6 Å². The third-order valence-electron chi connectivity index (χ3n) is 4.26. The third-order valence-corrected chi connectivity index (χ3v) is 4.26. The van der Waals surface area contributed by atoms with E-state index in [1.165, 1.54) is 4.90 Å². The Bertz CT molecular complexity index is 536. The van der Waals surface area contributed by atoms with E-state index < -0.39 is 17.4 Å². The minimum absolute atomic E-state index is 0.0816. The van der Waals surface area contributed by atoms with Gasteiger partial charge in [-0.1, -0.05) is 45.0 Å². The number of carbonyl (C=O) groups is 2. The predicted molar refractivity (Wildman–Crippen MR) is 76.2 cm³/mol. The first-order valence-electron chi connectivity index (χ1n) is 6.97. The fourth-order valence-electron chi connectivity index (χ4n) is 2.50. The van der Waals surface area contributed by atoms with Gasteiger partial charge in [-0.3, -0.25) is 4.79 Å². The largest absolute Gasteiger partial charge is 0.480 e. The van der Waals surface area contributed by atoms with E-state index in [1.807, 2.05) is 45.0 Å². The van der Waals surface area contributed by atoms with Gasteiger partial charge in [-0.15, -0.1) is 0 Å². The first kappa shape index (κ1) is 14.6. The molecule has 1 heterocycles. The summed E-state index contributed by atoms with van der Waals surface area (Å²) in [6.45, 7) is 6.07. The Balaban J connectivity index is 2.36. The summed E-state index contributed by atoms with van der Waals surface area (Å²) in [7, 11) is 0. The lowest BCUT2D eigenvalue weighted by Gasteiger charge is -2.38. The molecule has 0 aromatic heterocycles. The molecule has 4 heteroatoms. The van der Waals surface area contributed by atoms with E-state index >= 15 is 0 Å². The molecular formula is C16H21NO3. The van der Waals surface area contributed by atoms with Gasteiger partial charge in [0.1, 0.15) is 6.04 Å². The number of amides is 1. The first-order chi connectivity index (χ1) is 9.36. The van der Waals surface area contributed by atoms with Crippen molar-refractivity contribution in [3.8, 4) is 0 Å². The standard InChI is InChI=1S/C16H21NO3/c1-4-16(2,3)15(20)17-10-12-8-6-5-7-11(12)9-13(17)14(18)19/h5-8,13H,4,9-10H2,1-3H3,(H,18,19). The number of carbonyl (C=O) groups excluding carboxylic acids is 1. The third kappa shape index (κ3) is 2.55. The van der Waals surface area contributed by atoms with Crippen molar-refractivity contribution in [2.45, 2.75) is 46.2 Å². The number of nitrogens with zero attached hydrogens (tertiary/aromatic N) is 1. The molecule has 2 rings (SSSR count). The first-order valence-corrected chi connectivity index (χ1v) is 6.97. The molecule has 1 aliphatic rings. The second kappa shape index (κ2) is 5.27. The molecule has 0 bridgehead atoms. The zero-order valence-corrected chi connectivity index (χ0v) is 12.2. The summed E-state index contributed by atoms with van der Waals surface area (Å²) < 4.78 is 0. The molecule has 0 spiro atoms. The predicted octanol–water partition coefficient (Wildman–Crippen LogP) is 2.46. The van der Waals surface area contributed by atoms with Crippen molar-refractivity contribution in [1.82, 2.24) is 4.90 Å². The van der Waals surface area contributed by atoms with Crippen LogP contribution in [0.25, 0.3) is 0 Å². The number of carboxylic acid groups (broad SMARTS) is 1. The second-order valence-corrected chi connectivity index (χ2v) is 6.00. The zero-order valence-electron chi connectivity index (χ0n) is 12.2. The highest BCUT2D eigenvalue weighted by Crippen LogP contribution is 2.30. The van der Waals surface area contributed by atoms with E-state index in [1.54, 1.807) is 0 Å². The fourth-order valence-corrected chi connectivity index (χ4v) is 2.50. The smallest absolute Gasteiger partial charge is 0.326 e. The zero-order chi connectivity index (χ0) is 14.9. The number of fused-ring (bicyclic) bond motifs is 1. The summed E-state index contributed by atoms with van der Waals surface area (Å²) >= 11 is 0. The van der Waals surface area contributed by atoms with Gasteiger partial charge in [0.25, 0.3) is 0 Å². The highest BCUT2D eigenvalue weighted by molar-refractivity contribution is 5.87. The summed E-state index contributed by atoms with van der Waals surface area (Å²) in [4.78, 5) is 25.7. The van der Waals surface area contributed by atoms with E-state index in [0.717, 1.165) is 11.1 Å². The normalized spacial score (nSPS) is 18.6. The molecular weight excluding hydrogens is 254 g/mol. The van der Waals surface area contributed by atoms with Crippen molar-refractivity contribution in [2.75, 3.05) is 0 Å². The maximum atomic E-state index is 12.6. The van der Waals surface area contributed by atoms with Crippen molar-refractivity contribution in [3.63, 3.8) is 0 Å². The Morgan fingerprint density at radius 3 is 2.45 bits per heavy atom. The summed E-state index contributed by atoms with van der Waals surface area (Å²) in [5.41, 5.74) is 1.54. The lowest BCUT2D eigenvalue weighted by molar-refractivity contribution is -0.156. The van der Waals surface area contributed by atoms with E-state index in [2.05, 4.69) is 0 Å². The average molecular weight is 275 g/mol. The molecule has 1 aromatic carbocycles. The molecule has 1 aromatic rings. The molecule has 0 radical (unpaired) electrons. The second-order valence-electron chi connectivity index (χ2n) is 6.00. The minimum atomic E-state index is -0.931. The van der Waals surface area contributed by atoms with Crippen LogP contribution < -0.4 is 0 Å². The molecule has 0 aliphatic carbocycles. The van der Waals surface area contributed by atoms with E-state index in [0.29, 0.717) is 19.4 Å². The number of carboxylic acids is 1. The average Bonchev–Trinajstić information content (AvgIpc) is 2.44. The Morgan fingerprint density at radius 1 is 1.30 bits per heavy atom. The Labute approximate surface area is 119 Å². The number of benzene rings is 1. The van der Waals surface area contributed by atoms with Crippen LogP contribution in [0.5, 0.6) is 0 Å².